The van der Waals surface area contributed by atoms with Crippen LogP contribution in [-0.4, -0.2) is 27.9 Å². The number of nitrogens with two attached hydrogens (primary N) is 1. The highest BCUT2D eigenvalue weighted by Crippen LogP contribution is 2.27. The fraction of sp³-hybridized carbons (Fsp3) is 0.0769. The van der Waals surface area contributed by atoms with Crippen molar-refractivity contribution in [1.29, 1.82) is 0 Å². The average Bonchev–Trinajstić information content (AvgIpc) is 2.50. The number of anilines is 3. The Morgan fingerprint density at radius 1 is 1.24 bits per heavy atom. The van der Waals surface area contributed by atoms with Crippen LogP contribution in [0.5, 0.6) is 0 Å². The van der Waals surface area contributed by atoms with Crippen molar-refractivity contribution in [3.63, 3.8) is 0 Å². The zero-order valence-electron chi connectivity index (χ0n) is 10.8. The minimum Gasteiger partial charge on any atom is -0.382 e. The Bertz CT molecular complexity index is 703. The highest BCUT2D eigenvalue weighted by molar-refractivity contribution is 6.06. The molecule has 0 saturated heterocycles. The van der Waals surface area contributed by atoms with E-state index >= 15 is 0 Å². The van der Waals surface area contributed by atoms with E-state index in [0.717, 1.165) is 0 Å². The number of carbonyl (C=O) groups is 2. The lowest BCUT2D eigenvalue weighted by Gasteiger charge is -2.26. The maximum Gasteiger partial charge on any atom is 0.268 e. The van der Waals surface area contributed by atoms with Gasteiger partial charge in [0.05, 0.1) is 0 Å². The van der Waals surface area contributed by atoms with E-state index in [-0.39, 0.29) is 17.5 Å². The van der Waals surface area contributed by atoms with Gasteiger partial charge in [0.1, 0.15) is 12.0 Å². The van der Waals surface area contributed by atoms with Crippen LogP contribution in [0.1, 0.15) is 10.4 Å². The molecule has 1 aromatic heterocycles. The molecule has 2 heterocycles. The summed E-state index contributed by atoms with van der Waals surface area (Å²) in [6, 6.07) is 8.59. The Hall–Kier alpha value is -3.16. The number of fused-ring (bicyclic) bond motifs is 1. The van der Waals surface area contributed by atoms with E-state index in [9.17, 15) is 9.59 Å². The molecule has 0 spiro atoms. The van der Waals surface area contributed by atoms with E-state index in [1.807, 2.05) is 0 Å². The molecule has 0 fully saturated rings. The quantitative estimate of drug-likeness (QED) is 0.624. The van der Waals surface area contributed by atoms with Gasteiger partial charge in [0.15, 0.2) is 17.8 Å². The number of aromatic nitrogens is 2. The van der Waals surface area contributed by atoms with Gasteiger partial charge in [-0.3, -0.25) is 9.59 Å². The Kier molecular flexibility index (Phi) is 3.11. The maximum atomic E-state index is 12.1. The molecule has 2 amide bonds. The third kappa shape index (κ3) is 2.46. The van der Waals surface area contributed by atoms with Crippen molar-refractivity contribution < 1.29 is 9.59 Å². The molecule has 21 heavy (non-hydrogen) atoms. The first-order chi connectivity index (χ1) is 10.1. The minimum atomic E-state index is -0.946. The third-order valence-electron chi connectivity index (χ3n) is 2.98. The van der Waals surface area contributed by atoms with Crippen LogP contribution in [-0.2, 0) is 4.79 Å². The monoisotopic (exact) mass is 284 g/mol. The van der Waals surface area contributed by atoms with Crippen LogP contribution in [0.25, 0.3) is 0 Å². The van der Waals surface area contributed by atoms with Crippen LogP contribution >= 0.6 is 0 Å². The number of amides is 2. The average molecular weight is 284 g/mol. The van der Waals surface area contributed by atoms with Crippen LogP contribution in [0.3, 0.4) is 0 Å². The summed E-state index contributed by atoms with van der Waals surface area (Å²) in [7, 11) is 0. The number of rotatable bonds is 2. The third-order valence-corrected chi connectivity index (χ3v) is 2.98. The van der Waals surface area contributed by atoms with Gasteiger partial charge in [0.25, 0.3) is 11.8 Å². The number of nitrogen functional groups attached to an aromatic ring is 1. The lowest BCUT2D eigenvalue weighted by atomic mass is 10.2. The van der Waals surface area contributed by atoms with Gasteiger partial charge < -0.3 is 21.7 Å². The maximum absolute atomic E-state index is 12.1. The minimum absolute atomic E-state index is 0.193. The molecule has 2 aromatic rings. The highest BCUT2D eigenvalue weighted by Gasteiger charge is 2.29. The molecule has 0 bridgehead atoms. The number of nitrogens with one attached hydrogen (secondary N) is 3. The van der Waals surface area contributed by atoms with E-state index in [1.165, 1.54) is 6.33 Å². The normalized spacial score (nSPS) is 16.4. The zero-order chi connectivity index (χ0) is 14.8. The summed E-state index contributed by atoms with van der Waals surface area (Å²) in [4.78, 5) is 31.7. The fourth-order valence-corrected chi connectivity index (χ4v) is 1.94. The molecule has 1 aliphatic rings. The largest absolute Gasteiger partial charge is 0.382 e. The van der Waals surface area contributed by atoms with Gasteiger partial charge in [-0.1, -0.05) is 18.2 Å². The summed E-state index contributed by atoms with van der Waals surface area (Å²) < 4.78 is 0. The van der Waals surface area contributed by atoms with Crippen molar-refractivity contribution in [1.82, 2.24) is 15.3 Å². The summed E-state index contributed by atoms with van der Waals surface area (Å²) >= 11 is 0. The van der Waals surface area contributed by atoms with Gasteiger partial charge in [-0.25, -0.2) is 9.97 Å². The molecule has 1 atom stereocenters. The van der Waals surface area contributed by atoms with Gasteiger partial charge in [-0.2, -0.15) is 0 Å². The lowest BCUT2D eigenvalue weighted by molar-refractivity contribution is -0.117. The van der Waals surface area contributed by atoms with E-state index in [1.54, 1.807) is 30.3 Å². The molecule has 8 nitrogen and oxygen atoms in total. The van der Waals surface area contributed by atoms with Gasteiger partial charge in [-0.05, 0) is 12.1 Å². The Morgan fingerprint density at radius 2 is 2.00 bits per heavy atom. The van der Waals surface area contributed by atoms with Crippen LogP contribution in [0, 0.1) is 0 Å². The van der Waals surface area contributed by atoms with Crippen molar-refractivity contribution in [2.24, 2.45) is 0 Å². The van der Waals surface area contributed by atoms with Crippen LogP contribution in [0.15, 0.2) is 36.7 Å². The lowest BCUT2D eigenvalue weighted by Crippen LogP contribution is -2.51. The highest BCUT2D eigenvalue weighted by atomic mass is 16.2. The van der Waals surface area contributed by atoms with Gasteiger partial charge >= 0.3 is 0 Å². The van der Waals surface area contributed by atoms with E-state index in [2.05, 4.69) is 25.9 Å². The predicted molar refractivity (Wildman–Crippen MR) is 76.4 cm³/mol. The van der Waals surface area contributed by atoms with Crippen LogP contribution < -0.4 is 21.7 Å². The van der Waals surface area contributed by atoms with E-state index in [4.69, 9.17) is 5.73 Å². The second-order valence-corrected chi connectivity index (χ2v) is 4.39. The number of benzene rings is 1. The van der Waals surface area contributed by atoms with E-state index < -0.39 is 12.1 Å². The predicted octanol–water partition coefficient (Wildman–Crippen LogP) is 0.179. The second-order valence-electron chi connectivity index (χ2n) is 4.39. The smallest absolute Gasteiger partial charge is 0.268 e. The standard InChI is InChI=1S/C13H12N6O2/c14-9-8-10(16-6-15-9)18-13(21)11(17-8)19-12(20)7-4-2-1-3-5-7/h1-6,11,17H,(H,19,20)(H3,14,15,16,18,21). The molecule has 1 aliphatic heterocycles. The molecule has 0 radical (unpaired) electrons. The second kappa shape index (κ2) is 5.08. The first kappa shape index (κ1) is 12.9. The molecule has 8 heteroatoms. The molecular weight excluding hydrogens is 272 g/mol. The van der Waals surface area contributed by atoms with Crippen molar-refractivity contribution in [3.05, 3.63) is 42.2 Å². The molecule has 0 aliphatic carbocycles. The first-order valence-electron chi connectivity index (χ1n) is 6.19. The number of nitrogens with zero attached hydrogens (tertiary/aromatic N) is 2. The molecule has 1 aromatic carbocycles. The van der Waals surface area contributed by atoms with Crippen molar-refractivity contribution in [2.75, 3.05) is 16.4 Å². The van der Waals surface area contributed by atoms with Crippen molar-refractivity contribution in [3.8, 4) is 0 Å². The summed E-state index contributed by atoms with van der Waals surface area (Å²) in [6.45, 7) is 0. The Labute approximate surface area is 119 Å². The Morgan fingerprint density at radius 3 is 2.76 bits per heavy atom. The number of hydrogen-bond donors (Lipinski definition) is 4. The van der Waals surface area contributed by atoms with Crippen molar-refractivity contribution in [2.45, 2.75) is 6.17 Å². The van der Waals surface area contributed by atoms with Gasteiger partial charge in [-0.15, -0.1) is 0 Å². The molecule has 1 unspecified atom stereocenters. The summed E-state index contributed by atoms with van der Waals surface area (Å²) in [6.07, 6.45) is 0.303. The van der Waals surface area contributed by atoms with Gasteiger partial charge in [0, 0.05) is 5.56 Å². The summed E-state index contributed by atoms with van der Waals surface area (Å²) in [5.74, 6) is -0.316. The van der Waals surface area contributed by atoms with Gasteiger partial charge in [0.2, 0.25) is 0 Å². The van der Waals surface area contributed by atoms with Crippen LogP contribution in [0.4, 0.5) is 17.3 Å². The zero-order valence-corrected chi connectivity index (χ0v) is 10.8. The van der Waals surface area contributed by atoms with Crippen molar-refractivity contribution >= 4 is 29.1 Å². The number of hydrogen-bond acceptors (Lipinski definition) is 6. The molecule has 0 saturated carbocycles. The topological polar surface area (TPSA) is 122 Å². The molecule has 3 rings (SSSR count). The number of carbonyl (C=O) groups excluding carboxylic acids is 2. The van der Waals surface area contributed by atoms with Crippen LogP contribution in [0.2, 0.25) is 0 Å². The molecular formula is C13H12N6O2. The molecule has 5 N–H and O–H groups in total. The fourth-order valence-electron chi connectivity index (χ4n) is 1.94. The SMILES string of the molecule is Nc1ncnc2c1NC(NC(=O)c1ccccc1)C(=O)N2. The Balaban J connectivity index is 1.80. The molecule has 106 valence electrons. The first-order valence-corrected chi connectivity index (χ1v) is 6.19. The van der Waals surface area contributed by atoms with E-state index in [0.29, 0.717) is 11.3 Å². The summed E-state index contributed by atoms with van der Waals surface area (Å²) in [5.41, 5.74) is 6.55. The summed E-state index contributed by atoms with van der Waals surface area (Å²) in [5, 5.41) is 7.96.